The van der Waals surface area contributed by atoms with Crippen molar-refractivity contribution >= 4 is 11.0 Å². The van der Waals surface area contributed by atoms with E-state index in [4.69, 9.17) is 4.42 Å². The zero-order valence-electron chi connectivity index (χ0n) is 9.63. The monoisotopic (exact) mass is 240 g/mol. The zero-order valence-corrected chi connectivity index (χ0v) is 9.63. The quantitative estimate of drug-likeness (QED) is 0.722. The highest BCUT2D eigenvalue weighted by Gasteiger charge is 2.16. The van der Waals surface area contributed by atoms with Gasteiger partial charge in [-0.2, -0.15) is 0 Å². The second-order valence-corrected chi connectivity index (χ2v) is 4.08. The highest BCUT2D eigenvalue weighted by atomic mass is 16.3. The van der Waals surface area contributed by atoms with Gasteiger partial charge in [-0.3, -0.25) is 0 Å². The summed E-state index contributed by atoms with van der Waals surface area (Å²) in [6.45, 7) is -0.124. The molecule has 3 heteroatoms. The number of hydrogen-bond donors (Lipinski definition) is 2. The van der Waals surface area contributed by atoms with Crippen molar-refractivity contribution in [3.05, 3.63) is 54.1 Å². The molecule has 3 aromatic rings. The van der Waals surface area contributed by atoms with Crippen LogP contribution in [0.25, 0.3) is 22.3 Å². The number of para-hydroxylation sites is 2. The molecule has 0 aliphatic heterocycles. The molecule has 0 radical (unpaired) electrons. The van der Waals surface area contributed by atoms with Crippen molar-refractivity contribution in [2.45, 2.75) is 6.61 Å². The summed E-state index contributed by atoms with van der Waals surface area (Å²) in [4.78, 5) is 0. The Bertz CT molecular complexity index is 698. The Kier molecular flexibility index (Phi) is 2.54. The van der Waals surface area contributed by atoms with Crippen molar-refractivity contribution in [2.75, 3.05) is 0 Å². The van der Waals surface area contributed by atoms with Crippen molar-refractivity contribution in [2.24, 2.45) is 0 Å². The number of hydrogen-bond acceptors (Lipinski definition) is 3. The van der Waals surface area contributed by atoms with Crippen molar-refractivity contribution in [1.82, 2.24) is 0 Å². The molecule has 3 nitrogen and oxygen atoms in total. The molecule has 2 N–H and O–H groups in total. The minimum absolute atomic E-state index is 0.124. The average Bonchev–Trinajstić information content (AvgIpc) is 2.77. The molecule has 0 bridgehead atoms. The fourth-order valence-corrected chi connectivity index (χ4v) is 2.14. The number of aliphatic hydroxyl groups is 1. The van der Waals surface area contributed by atoms with Crippen LogP contribution in [0.5, 0.6) is 5.75 Å². The molecule has 0 aliphatic carbocycles. The van der Waals surface area contributed by atoms with Crippen LogP contribution in [0.4, 0.5) is 0 Å². The van der Waals surface area contributed by atoms with E-state index >= 15 is 0 Å². The molecule has 1 heterocycles. The summed E-state index contributed by atoms with van der Waals surface area (Å²) in [5.74, 6) is 0.669. The van der Waals surface area contributed by atoms with Gasteiger partial charge in [0, 0.05) is 10.9 Å². The number of phenolic OH excluding ortho intramolecular Hbond substituents is 1. The van der Waals surface area contributed by atoms with Crippen molar-refractivity contribution in [1.29, 1.82) is 0 Å². The Hall–Kier alpha value is -2.26. The van der Waals surface area contributed by atoms with Gasteiger partial charge in [-0.15, -0.1) is 0 Å². The van der Waals surface area contributed by atoms with Gasteiger partial charge in [-0.25, -0.2) is 0 Å². The van der Waals surface area contributed by atoms with Crippen LogP contribution >= 0.6 is 0 Å². The van der Waals surface area contributed by atoms with Crippen LogP contribution in [0.1, 0.15) is 5.56 Å². The van der Waals surface area contributed by atoms with Gasteiger partial charge in [0.25, 0.3) is 0 Å². The van der Waals surface area contributed by atoms with Gasteiger partial charge in [0.05, 0.1) is 12.2 Å². The van der Waals surface area contributed by atoms with Crippen molar-refractivity contribution < 1.29 is 14.6 Å². The molecule has 1 aromatic heterocycles. The standard InChI is InChI=1S/C15H12O3/c16-9-12-10-5-2-4-8-14(10)18-15(12)11-6-1-3-7-13(11)17/h1-8,16-17H,9H2. The van der Waals surface area contributed by atoms with Crippen LogP contribution in [0.2, 0.25) is 0 Å². The summed E-state index contributed by atoms with van der Waals surface area (Å²) < 4.78 is 5.74. The smallest absolute Gasteiger partial charge is 0.144 e. The van der Waals surface area contributed by atoms with Crippen LogP contribution in [0.15, 0.2) is 52.9 Å². The van der Waals surface area contributed by atoms with Gasteiger partial charge in [0.2, 0.25) is 0 Å². The third-order valence-corrected chi connectivity index (χ3v) is 3.01. The zero-order chi connectivity index (χ0) is 12.5. The molecule has 0 unspecified atom stereocenters. The largest absolute Gasteiger partial charge is 0.507 e. The van der Waals surface area contributed by atoms with E-state index in [1.165, 1.54) is 0 Å². The minimum Gasteiger partial charge on any atom is -0.507 e. The first kappa shape index (κ1) is 10.9. The molecule has 0 fully saturated rings. The first-order valence-electron chi connectivity index (χ1n) is 5.71. The normalized spacial score (nSPS) is 10.9. The number of benzene rings is 2. The molecule has 3 rings (SSSR count). The van der Waals surface area contributed by atoms with Crippen LogP contribution in [-0.2, 0) is 6.61 Å². The van der Waals surface area contributed by atoms with Gasteiger partial charge < -0.3 is 14.6 Å². The van der Waals surface area contributed by atoms with E-state index in [1.54, 1.807) is 18.2 Å². The molecular weight excluding hydrogens is 228 g/mol. The lowest BCUT2D eigenvalue weighted by Crippen LogP contribution is -1.85. The Labute approximate surface area is 104 Å². The predicted octanol–water partition coefficient (Wildman–Crippen LogP) is 3.30. The van der Waals surface area contributed by atoms with E-state index in [1.807, 2.05) is 30.3 Å². The lowest BCUT2D eigenvalue weighted by atomic mass is 10.1. The highest BCUT2D eigenvalue weighted by Crippen LogP contribution is 2.37. The molecule has 0 atom stereocenters. The lowest BCUT2D eigenvalue weighted by Gasteiger charge is -2.02. The van der Waals surface area contributed by atoms with E-state index in [0.29, 0.717) is 22.5 Å². The van der Waals surface area contributed by atoms with E-state index in [-0.39, 0.29) is 12.4 Å². The Balaban J connectivity index is 2.32. The van der Waals surface area contributed by atoms with E-state index < -0.39 is 0 Å². The van der Waals surface area contributed by atoms with Gasteiger partial charge in [0.15, 0.2) is 0 Å². The summed E-state index contributed by atoms with van der Waals surface area (Å²) in [6.07, 6.45) is 0. The van der Waals surface area contributed by atoms with E-state index in [0.717, 1.165) is 5.39 Å². The van der Waals surface area contributed by atoms with Gasteiger partial charge in [-0.1, -0.05) is 30.3 Å². The fourth-order valence-electron chi connectivity index (χ4n) is 2.14. The molecule has 0 saturated carbocycles. The summed E-state index contributed by atoms with van der Waals surface area (Å²) >= 11 is 0. The average molecular weight is 240 g/mol. The van der Waals surface area contributed by atoms with Crippen molar-refractivity contribution in [3.8, 4) is 17.1 Å². The Morgan fingerprint density at radius 3 is 2.44 bits per heavy atom. The van der Waals surface area contributed by atoms with Crippen LogP contribution < -0.4 is 0 Å². The summed E-state index contributed by atoms with van der Waals surface area (Å²) in [6, 6.07) is 14.5. The molecular formula is C15H12O3. The number of furan rings is 1. The Morgan fingerprint density at radius 1 is 0.944 bits per heavy atom. The second kappa shape index (κ2) is 4.20. The van der Waals surface area contributed by atoms with E-state index in [9.17, 15) is 10.2 Å². The lowest BCUT2D eigenvalue weighted by molar-refractivity contribution is 0.282. The molecule has 0 amide bonds. The molecule has 0 spiro atoms. The summed E-state index contributed by atoms with van der Waals surface area (Å²) in [5.41, 5.74) is 2.00. The molecule has 0 saturated heterocycles. The second-order valence-electron chi connectivity index (χ2n) is 4.08. The number of aliphatic hydroxyl groups excluding tert-OH is 1. The topological polar surface area (TPSA) is 53.6 Å². The predicted molar refractivity (Wildman–Crippen MR) is 69.2 cm³/mol. The Morgan fingerprint density at radius 2 is 1.67 bits per heavy atom. The maximum Gasteiger partial charge on any atom is 0.144 e. The van der Waals surface area contributed by atoms with Gasteiger partial charge in [-0.05, 0) is 18.2 Å². The van der Waals surface area contributed by atoms with Gasteiger partial charge in [0.1, 0.15) is 17.1 Å². The molecule has 0 aliphatic rings. The summed E-state index contributed by atoms with van der Waals surface area (Å²) in [5, 5.41) is 20.3. The third kappa shape index (κ3) is 1.57. The number of rotatable bonds is 2. The molecule has 2 aromatic carbocycles. The molecule has 18 heavy (non-hydrogen) atoms. The first-order valence-corrected chi connectivity index (χ1v) is 5.71. The SMILES string of the molecule is OCc1c(-c2ccccc2O)oc2ccccc12. The maximum atomic E-state index is 9.87. The van der Waals surface area contributed by atoms with Gasteiger partial charge >= 0.3 is 0 Å². The third-order valence-electron chi connectivity index (χ3n) is 3.01. The number of fused-ring (bicyclic) bond motifs is 1. The molecule has 90 valence electrons. The van der Waals surface area contributed by atoms with Crippen molar-refractivity contribution in [3.63, 3.8) is 0 Å². The van der Waals surface area contributed by atoms with Crippen LogP contribution in [0.3, 0.4) is 0 Å². The fraction of sp³-hybridized carbons (Fsp3) is 0.0667. The number of phenols is 1. The van der Waals surface area contributed by atoms with Crippen LogP contribution in [-0.4, -0.2) is 10.2 Å². The van der Waals surface area contributed by atoms with Crippen LogP contribution in [0, 0.1) is 0 Å². The number of aromatic hydroxyl groups is 1. The van der Waals surface area contributed by atoms with E-state index in [2.05, 4.69) is 0 Å². The minimum atomic E-state index is -0.124. The highest BCUT2D eigenvalue weighted by molar-refractivity contribution is 5.88. The summed E-state index contributed by atoms with van der Waals surface area (Å²) in [7, 11) is 0. The first-order chi connectivity index (χ1) is 8.81. The maximum absolute atomic E-state index is 9.87.